The van der Waals surface area contributed by atoms with E-state index in [0.717, 1.165) is 12.1 Å². The molecular formula is C14H18F2N2O3. The molecule has 1 aromatic rings. The summed E-state index contributed by atoms with van der Waals surface area (Å²) in [6.07, 6.45) is 1.29. The van der Waals surface area contributed by atoms with Crippen LogP contribution in [0.25, 0.3) is 0 Å². The van der Waals surface area contributed by atoms with Gasteiger partial charge in [-0.2, -0.15) is 0 Å². The number of rotatable bonds is 9. The lowest BCUT2D eigenvalue weighted by molar-refractivity contribution is -0.112. The molecule has 0 aliphatic rings. The summed E-state index contributed by atoms with van der Waals surface area (Å²) in [5, 5.41) is 4.89. The van der Waals surface area contributed by atoms with Crippen LogP contribution in [0.15, 0.2) is 12.1 Å². The molecule has 0 spiro atoms. The van der Waals surface area contributed by atoms with Crippen molar-refractivity contribution in [3.63, 3.8) is 0 Å². The molecule has 5 nitrogen and oxygen atoms in total. The Kier molecular flexibility index (Phi) is 6.58. The molecule has 0 aromatic heterocycles. The minimum absolute atomic E-state index is 0.0751. The molecule has 0 heterocycles. The van der Waals surface area contributed by atoms with Crippen LogP contribution in [0.4, 0.5) is 8.78 Å². The third-order valence-corrected chi connectivity index (χ3v) is 3.29. The van der Waals surface area contributed by atoms with Crippen molar-refractivity contribution in [1.29, 1.82) is 0 Å². The average molecular weight is 300 g/mol. The molecule has 2 N–H and O–H groups in total. The van der Waals surface area contributed by atoms with E-state index in [1.54, 1.807) is 6.92 Å². The van der Waals surface area contributed by atoms with Crippen LogP contribution in [0.2, 0.25) is 0 Å². The molecular weight excluding hydrogens is 282 g/mol. The molecule has 2 amide bonds. The van der Waals surface area contributed by atoms with Crippen molar-refractivity contribution < 1.29 is 23.1 Å². The van der Waals surface area contributed by atoms with Crippen LogP contribution in [0, 0.1) is 11.6 Å². The number of nitrogens with one attached hydrogen (secondary N) is 2. The summed E-state index contributed by atoms with van der Waals surface area (Å²) in [6, 6.07) is 1.56. The normalized spacial score (nSPS) is 13.1. The molecule has 21 heavy (non-hydrogen) atoms. The van der Waals surface area contributed by atoms with E-state index in [4.69, 9.17) is 4.74 Å². The second kappa shape index (κ2) is 8.18. The van der Waals surface area contributed by atoms with Crippen molar-refractivity contribution >= 4 is 12.8 Å². The fraction of sp³-hybridized carbons (Fsp3) is 0.429. The molecule has 0 saturated carbocycles. The Morgan fingerprint density at radius 3 is 2.29 bits per heavy atom. The van der Waals surface area contributed by atoms with E-state index in [1.807, 2.05) is 0 Å². The number of halogens is 2. The Bertz CT molecular complexity index is 474. The van der Waals surface area contributed by atoms with Gasteiger partial charge >= 0.3 is 0 Å². The molecule has 0 bridgehead atoms. The van der Waals surface area contributed by atoms with Crippen LogP contribution in [0.3, 0.4) is 0 Å². The highest BCUT2D eigenvalue weighted by molar-refractivity contribution is 5.49. The van der Waals surface area contributed by atoms with Crippen molar-refractivity contribution in [2.24, 2.45) is 0 Å². The van der Waals surface area contributed by atoms with Crippen molar-refractivity contribution in [3.05, 3.63) is 29.3 Å². The van der Waals surface area contributed by atoms with Gasteiger partial charge in [0, 0.05) is 30.2 Å². The Labute approximate surface area is 121 Å². The Balaban J connectivity index is 3.17. The molecule has 2 atom stereocenters. The number of methoxy groups -OCH3 is 1. The Morgan fingerprint density at radius 1 is 1.24 bits per heavy atom. The maximum absolute atomic E-state index is 14.1. The standard InChI is InChI=1S/C14H18F2N2O3/c1-3-10(13(18-8-20)6-17-7-19)14-11(15)4-9(21-2)5-12(14)16/h4-5,7-8,10,13H,3,6H2,1-2H3,(H,17,19)(H,18,20). The average Bonchev–Trinajstić information content (AvgIpc) is 2.47. The van der Waals surface area contributed by atoms with E-state index in [2.05, 4.69) is 10.6 Å². The van der Waals surface area contributed by atoms with Crippen LogP contribution in [-0.4, -0.2) is 32.5 Å². The SMILES string of the molecule is CCC(c1c(F)cc(OC)cc1F)C(CNC=O)NC=O. The summed E-state index contributed by atoms with van der Waals surface area (Å²) in [5.41, 5.74) is -0.134. The van der Waals surface area contributed by atoms with Gasteiger partial charge in [-0.1, -0.05) is 6.92 Å². The summed E-state index contributed by atoms with van der Waals surface area (Å²) < 4.78 is 33.1. The first-order chi connectivity index (χ1) is 10.1. The number of carbonyl (C=O) groups is 2. The summed E-state index contributed by atoms with van der Waals surface area (Å²) in [6.45, 7) is 1.82. The van der Waals surface area contributed by atoms with Crippen LogP contribution in [-0.2, 0) is 9.59 Å². The molecule has 0 radical (unpaired) electrons. The smallest absolute Gasteiger partial charge is 0.207 e. The zero-order valence-electron chi connectivity index (χ0n) is 11.9. The molecule has 0 aliphatic carbocycles. The zero-order chi connectivity index (χ0) is 15.8. The van der Waals surface area contributed by atoms with Gasteiger partial charge in [-0.05, 0) is 6.42 Å². The Morgan fingerprint density at radius 2 is 1.86 bits per heavy atom. The summed E-state index contributed by atoms with van der Waals surface area (Å²) in [5.74, 6) is -2.03. The lowest BCUT2D eigenvalue weighted by Crippen LogP contribution is -2.42. The van der Waals surface area contributed by atoms with Gasteiger partial charge < -0.3 is 15.4 Å². The highest BCUT2D eigenvalue weighted by atomic mass is 19.1. The van der Waals surface area contributed by atoms with E-state index in [9.17, 15) is 18.4 Å². The highest BCUT2D eigenvalue weighted by Gasteiger charge is 2.27. The molecule has 1 rings (SSSR count). The second-order valence-corrected chi connectivity index (χ2v) is 4.44. The van der Waals surface area contributed by atoms with Crippen molar-refractivity contribution in [1.82, 2.24) is 10.6 Å². The van der Waals surface area contributed by atoms with E-state index >= 15 is 0 Å². The van der Waals surface area contributed by atoms with Gasteiger partial charge in [-0.15, -0.1) is 0 Å². The van der Waals surface area contributed by atoms with Crippen LogP contribution in [0.1, 0.15) is 24.8 Å². The first-order valence-corrected chi connectivity index (χ1v) is 6.48. The summed E-state index contributed by atoms with van der Waals surface area (Å²) >= 11 is 0. The first kappa shape index (κ1) is 16.9. The predicted octanol–water partition coefficient (Wildman–Crippen LogP) is 1.33. The van der Waals surface area contributed by atoms with Crippen molar-refractivity contribution in [2.75, 3.05) is 13.7 Å². The van der Waals surface area contributed by atoms with Gasteiger partial charge in [0.15, 0.2) is 0 Å². The minimum Gasteiger partial charge on any atom is -0.497 e. The van der Waals surface area contributed by atoms with Gasteiger partial charge in [0.1, 0.15) is 17.4 Å². The van der Waals surface area contributed by atoms with Gasteiger partial charge in [0.2, 0.25) is 12.8 Å². The maximum Gasteiger partial charge on any atom is 0.207 e. The van der Waals surface area contributed by atoms with Gasteiger partial charge in [0.05, 0.1) is 13.2 Å². The predicted molar refractivity (Wildman–Crippen MR) is 73.0 cm³/mol. The summed E-state index contributed by atoms with van der Waals surface area (Å²) in [7, 11) is 1.32. The number of hydrogen-bond acceptors (Lipinski definition) is 3. The number of benzene rings is 1. The molecule has 7 heteroatoms. The Hall–Kier alpha value is -2.18. The first-order valence-electron chi connectivity index (χ1n) is 6.48. The van der Waals surface area contributed by atoms with E-state index in [-0.39, 0.29) is 17.9 Å². The highest BCUT2D eigenvalue weighted by Crippen LogP contribution is 2.31. The summed E-state index contributed by atoms with van der Waals surface area (Å²) in [4.78, 5) is 21.1. The lowest BCUT2D eigenvalue weighted by Gasteiger charge is -2.26. The largest absolute Gasteiger partial charge is 0.497 e. The fourth-order valence-electron chi connectivity index (χ4n) is 2.30. The van der Waals surface area contributed by atoms with Crippen LogP contribution >= 0.6 is 0 Å². The minimum atomic E-state index is -0.748. The van der Waals surface area contributed by atoms with E-state index in [0.29, 0.717) is 19.2 Å². The number of hydrogen-bond donors (Lipinski definition) is 2. The monoisotopic (exact) mass is 300 g/mol. The topological polar surface area (TPSA) is 67.4 Å². The fourth-order valence-corrected chi connectivity index (χ4v) is 2.30. The zero-order valence-corrected chi connectivity index (χ0v) is 11.9. The number of ether oxygens (including phenoxy) is 1. The van der Waals surface area contributed by atoms with Gasteiger partial charge in [0.25, 0.3) is 0 Å². The molecule has 1 aromatic carbocycles. The van der Waals surface area contributed by atoms with E-state index < -0.39 is 23.6 Å². The quantitative estimate of drug-likeness (QED) is 0.676. The van der Waals surface area contributed by atoms with E-state index in [1.165, 1.54) is 7.11 Å². The van der Waals surface area contributed by atoms with Crippen molar-refractivity contribution in [3.8, 4) is 5.75 Å². The third kappa shape index (κ3) is 4.14. The van der Waals surface area contributed by atoms with Gasteiger partial charge in [-0.25, -0.2) is 8.78 Å². The lowest BCUT2D eigenvalue weighted by atomic mass is 9.88. The van der Waals surface area contributed by atoms with Crippen molar-refractivity contribution in [2.45, 2.75) is 25.3 Å². The van der Waals surface area contributed by atoms with Gasteiger partial charge in [-0.3, -0.25) is 9.59 Å². The van der Waals surface area contributed by atoms with Crippen LogP contribution < -0.4 is 15.4 Å². The molecule has 2 unspecified atom stereocenters. The number of amides is 2. The molecule has 0 aliphatic heterocycles. The molecule has 0 saturated heterocycles. The number of carbonyl (C=O) groups excluding carboxylic acids is 2. The molecule has 0 fully saturated rings. The maximum atomic E-state index is 14.1. The second-order valence-electron chi connectivity index (χ2n) is 4.44. The third-order valence-electron chi connectivity index (χ3n) is 3.29. The van der Waals surface area contributed by atoms with Crippen LogP contribution in [0.5, 0.6) is 5.75 Å². The molecule has 116 valence electrons.